The highest BCUT2D eigenvalue weighted by Gasteiger charge is 2.24. The maximum Gasteiger partial charge on any atom is 0.194 e. The van der Waals surface area contributed by atoms with Crippen LogP contribution in [0.15, 0.2) is 27.8 Å². The van der Waals surface area contributed by atoms with Crippen molar-refractivity contribution in [2.24, 2.45) is 16.8 Å². The lowest BCUT2D eigenvalue weighted by molar-refractivity contribution is 0.200. The summed E-state index contributed by atoms with van der Waals surface area (Å²) in [6, 6.07) is 3.94. The van der Waals surface area contributed by atoms with Crippen LogP contribution in [0.2, 0.25) is 0 Å². The van der Waals surface area contributed by atoms with Gasteiger partial charge in [0, 0.05) is 33.2 Å². The van der Waals surface area contributed by atoms with Crippen LogP contribution in [0.25, 0.3) is 0 Å². The minimum absolute atomic E-state index is 0.655. The zero-order valence-electron chi connectivity index (χ0n) is 14.0. The van der Waals surface area contributed by atoms with E-state index >= 15 is 0 Å². The van der Waals surface area contributed by atoms with E-state index in [1.54, 1.807) is 13.4 Å². The van der Waals surface area contributed by atoms with Crippen molar-refractivity contribution in [1.29, 1.82) is 0 Å². The second-order valence-electron chi connectivity index (χ2n) is 6.31. The van der Waals surface area contributed by atoms with Crippen LogP contribution in [0.4, 0.5) is 0 Å². The van der Waals surface area contributed by atoms with Crippen molar-refractivity contribution in [2.45, 2.75) is 26.7 Å². The van der Waals surface area contributed by atoms with Crippen LogP contribution >= 0.6 is 0 Å². The van der Waals surface area contributed by atoms with Crippen molar-refractivity contribution in [3.8, 4) is 0 Å². The monoisotopic (exact) mass is 307 g/mol. The summed E-state index contributed by atoms with van der Waals surface area (Å²) >= 11 is 0. The molecular formula is C17H29N3O2. The number of likely N-dealkylation sites (tertiary alicyclic amines) is 1. The first-order valence-corrected chi connectivity index (χ1v) is 8.23. The number of nitrogens with zero attached hydrogens (tertiary/aromatic N) is 2. The molecule has 5 nitrogen and oxygen atoms in total. The molecule has 1 N–H and O–H groups in total. The number of ether oxygens (including phenoxy) is 1. The highest BCUT2D eigenvalue weighted by Crippen LogP contribution is 2.20. The van der Waals surface area contributed by atoms with Crippen LogP contribution in [0.3, 0.4) is 0 Å². The van der Waals surface area contributed by atoms with Crippen LogP contribution in [0, 0.1) is 11.8 Å². The number of methoxy groups -OCH3 is 1. The third kappa shape index (κ3) is 5.37. The lowest BCUT2D eigenvalue weighted by Gasteiger charge is -2.37. The van der Waals surface area contributed by atoms with E-state index < -0.39 is 0 Å². The van der Waals surface area contributed by atoms with Gasteiger partial charge in [-0.2, -0.15) is 0 Å². The van der Waals surface area contributed by atoms with Gasteiger partial charge in [-0.3, -0.25) is 4.99 Å². The predicted molar refractivity (Wildman–Crippen MR) is 89.1 cm³/mol. The standard InChI is InChI=1S/C17H29N3O2/c1-14-11-15(2)13-20(12-14)17(19-8-10-21-3)18-7-6-16-5-4-9-22-16/h4-5,9,14-15H,6-8,10-13H2,1-3H3,(H,18,19). The van der Waals surface area contributed by atoms with Gasteiger partial charge in [0.1, 0.15) is 5.76 Å². The summed E-state index contributed by atoms with van der Waals surface area (Å²) in [6.45, 7) is 8.96. The van der Waals surface area contributed by atoms with Gasteiger partial charge in [-0.1, -0.05) is 13.8 Å². The number of hydrogen-bond donors (Lipinski definition) is 1. The topological polar surface area (TPSA) is 50.0 Å². The fourth-order valence-corrected chi connectivity index (χ4v) is 3.10. The lowest BCUT2D eigenvalue weighted by atomic mass is 9.92. The highest BCUT2D eigenvalue weighted by atomic mass is 16.5. The van der Waals surface area contributed by atoms with Crippen molar-refractivity contribution in [3.63, 3.8) is 0 Å². The number of aliphatic imine (C=N–C) groups is 1. The molecule has 2 heterocycles. The molecule has 2 atom stereocenters. The fourth-order valence-electron chi connectivity index (χ4n) is 3.10. The minimum atomic E-state index is 0.655. The van der Waals surface area contributed by atoms with Crippen LogP contribution in [0.5, 0.6) is 0 Å². The third-order valence-corrected chi connectivity index (χ3v) is 3.96. The first kappa shape index (κ1) is 16.9. The molecule has 1 aliphatic rings. The maximum absolute atomic E-state index is 5.38. The Hall–Kier alpha value is -1.49. The Bertz CT molecular complexity index is 435. The zero-order chi connectivity index (χ0) is 15.8. The van der Waals surface area contributed by atoms with Crippen molar-refractivity contribution in [3.05, 3.63) is 24.2 Å². The van der Waals surface area contributed by atoms with E-state index in [1.807, 2.05) is 12.1 Å². The molecule has 1 fully saturated rings. The average molecular weight is 307 g/mol. The van der Waals surface area contributed by atoms with Gasteiger partial charge < -0.3 is 19.4 Å². The van der Waals surface area contributed by atoms with Gasteiger partial charge in [0.25, 0.3) is 0 Å². The van der Waals surface area contributed by atoms with Crippen molar-refractivity contribution in [1.82, 2.24) is 10.2 Å². The van der Waals surface area contributed by atoms with Gasteiger partial charge in [0.2, 0.25) is 0 Å². The summed E-state index contributed by atoms with van der Waals surface area (Å²) in [7, 11) is 1.71. The second kappa shape index (κ2) is 8.83. The molecule has 1 aromatic rings. The Labute approximate surface area is 133 Å². The van der Waals surface area contributed by atoms with Gasteiger partial charge in [-0.25, -0.2) is 0 Å². The van der Waals surface area contributed by atoms with Gasteiger partial charge in [-0.15, -0.1) is 0 Å². The molecule has 1 aromatic heterocycles. The Morgan fingerprint density at radius 2 is 2.18 bits per heavy atom. The summed E-state index contributed by atoms with van der Waals surface area (Å²) in [6.07, 6.45) is 3.89. The van der Waals surface area contributed by atoms with Crippen LogP contribution in [-0.2, 0) is 11.2 Å². The lowest BCUT2D eigenvalue weighted by Crippen LogP contribution is -2.49. The summed E-state index contributed by atoms with van der Waals surface area (Å²) in [4.78, 5) is 7.09. The summed E-state index contributed by atoms with van der Waals surface area (Å²) < 4.78 is 10.5. The van der Waals surface area contributed by atoms with Crippen LogP contribution in [0.1, 0.15) is 26.0 Å². The summed E-state index contributed by atoms with van der Waals surface area (Å²) in [5, 5.41) is 3.49. The first-order valence-electron chi connectivity index (χ1n) is 8.23. The largest absolute Gasteiger partial charge is 0.469 e. The minimum Gasteiger partial charge on any atom is -0.469 e. The van der Waals surface area contributed by atoms with Crippen LogP contribution in [-0.4, -0.2) is 50.8 Å². The maximum atomic E-state index is 5.38. The zero-order valence-corrected chi connectivity index (χ0v) is 14.0. The quantitative estimate of drug-likeness (QED) is 0.498. The molecule has 0 bridgehead atoms. The van der Waals surface area contributed by atoms with E-state index in [2.05, 4.69) is 24.1 Å². The second-order valence-corrected chi connectivity index (χ2v) is 6.31. The Kier molecular flexibility index (Phi) is 6.77. The van der Waals surface area contributed by atoms with Gasteiger partial charge in [-0.05, 0) is 30.4 Å². The van der Waals surface area contributed by atoms with Gasteiger partial charge in [0.15, 0.2) is 5.96 Å². The van der Waals surface area contributed by atoms with Gasteiger partial charge >= 0.3 is 0 Å². The molecule has 2 rings (SSSR count). The predicted octanol–water partition coefficient (Wildman–Crippen LogP) is 2.39. The molecule has 0 aliphatic carbocycles. The van der Waals surface area contributed by atoms with E-state index in [1.165, 1.54) is 6.42 Å². The van der Waals surface area contributed by atoms with Crippen molar-refractivity contribution >= 4 is 5.96 Å². The summed E-state index contributed by atoms with van der Waals surface area (Å²) in [5.41, 5.74) is 0. The molecule has 5 heteroatoms. The van der Waals surface area contributed by atoms with E-state index in [4.69, 9.17) is 14.1 Å². The number of nitrogens with one attached hydrogen (secondary N) is 1. The van der Waals surface area contributed by atoms with Gasteiger partial charge in [0.05, 0.1) is 19.4 Å². The number of guanidine groups is 1. The van der Waals surface area contributed by atoms with E-state index in [9.17, 15) is 0 Å². The molecule has 2 unspecified atom stereocenters. The van der Waals surface area contributed by atoms with E-state index in [0.29, 0.717) is 25.0 Å². The Morgan fingerprint density at radius 3 is 2.82 bits per heavy atom. The molecule has 22 heavy (non-hydrogen) atoms. The molecule has 124 valence electrons. The molecular weight excluding hydrogens is 278 g/mol. The Balaban J connectivity index is 1.91. The molecule has 1 saturated heterocycles. The fraction of sp³-hybridized carbons (Fsp3) is 0.706. The number of piperidine rings is 1. The normalized spacial score (nSPS) is 22.9. The smallest absolute Gasteiger partial charge is 0.194 e. The SMILES string of the molecule is COCCN=C(NCCc1ccco1)N1CC(C)CC(C)C1. The number of furan rings is 1. The highest BCUT2D eigenvalue weighted by molar-refractivity contribution is 5.80. The molecule has 1 aliphatic heterocycles. The number of rotatable bonds is 6. The molecule has 0 radical (unpaired) electrons. The first-order chi connectivity index (χ1) is 10.7. The van der Waals surface area contributed by atoms with Crippen molar-refractivity contribution < 1.29 is 9.15 Å². The molecule has 0 saturated carbocycles. The molecule has 0 amide bonds. The summed E-state index contributed by atoms with van der Waals surface area (Å²) in [5.74, 6) is 3.43. The molecule has 0 aromatic carbocycles. The van der Waals surface area contributed by atoms with Crippen LogP contribution < -0.4 is 5.32 Å². The van der Waals surface area contributed by atoms with Crippen molar-refractivity contribution in [2.75, 3.05) is 39.9 Å². The molecule has 0 spiro atoms. The average Bonchev–Trinajstić information content (AvgIpc) is 2.98. The van der Waals surface area contributed by atoms with E-state index in [-0.39, 0.29) is 0 Å². The van der Waals surface area contributed by atoms with E-state index in [0.717, 1.165) is 37.8 Å². The Morgan fingerprint density at radius 1 is 1.41 bits per heavy atom. The number of hydrogen-bond acceptors (Lipinski definition) is 3. The third-order valence-electron chi connectivity index (χ3n) is 3.96.